The Morgan fingerprint density at radius 1 is 1.12 bits per heavy atom. The van der Waals surface area contributed by atoms with E-state index in [2.05, 4.69) is 61.7 Å². The highest BCUT2D eigenvalue weighted by molar-refractivity contribution is 7.13. The molecule has 0 spiro atoms. The van der Waals surface area contributed by atoms with E-state index in [0.717, 1.165) is 5.56 Å². The normalized spacial score (nSPS) is 12.4. The number of rotatable bonds is 3. The third-order valence-corrected chi connectivity index (χ3v) is 3.80. The maximum atomic E-state index is 9.16. The van der Waals surface area contributed by atoms with Crippen LogP contribution in [-0.4, -0.2) is 0 Å². The SMILES string of the molecule is CC(C)C(C#N)c1ccc(-c2cccs2)cc1. The van der Waals surface area contributed by atoms with Gasteiger partial charge in [-0.1, -0.05) is 44.2 Å². The van der Waals surface area contributed by atoms with Crippen molar-refractivity contribution in [3.63, 3.8) is 0 Å². The molecule has 1 heterocycles. The zero-order chi connectivity index (χ0) is 12.3. The summed E-state index contributed by atoms with van der Waals surface area (Å²) in [7, 11) is 0. The summed E-state index contributed by atoms with van der Waals surface area (Å²) >= 11 is 1.74. The Balaban J connectivity index is 2.27. The van der Waals surface area contributed by atoms with Crippen LogP contribution in [0.2, 0.25) is 0 Å². The summed E-state index contributed by atoms with van der Waals surface area (Å²) < 4.78 is 0. The summed E-state index contributed by atoms with van der Waals surface area (Å²) in [5.74, 6) is 0.347. The maximum absolute atomic E-state index is 9.16. The Hall–Kier alpha value is -1.59. The van der Waals surface area contributed by atoms with Crippen LogP contribution in [0.25, 0.3) is 10.4 Å². The van der Waals surface area contributed by atoms with Gasteiger partial charge in [0.2, 0.25) is 0 Å². The molecule has 1 atom stereocenters. The van der Waals surface area contributed by atoms with Crippen LogP contribution in [0.5, 0.6) is 0 Å². The lowest BCUT2D eigenvalue weighted by Gasteiger charge is -2.13. The molecule has 1 aromatic carbocycles. The Morgan fingerprint density at radius 3 is 2.29 bits per heavy atom. The number of hydrogen-bond acceptors (Lipinski definition) is 2. The fraction of sp³-hybridized carbons (Fsp3) is 0.267. The Labute approximate surface area is 106 Å². The predicted octanol–water partition coefficient (Wildman–Crippen LogP) is 4.68. The zero-order valence-electron chi connectivity index (χ0n) is 10.1. The highest BCUT2D eigenvalue weighted by Gasteiger charge is 2.14. The van der Waals surface area contributed by atoms with E-state index in [-0.39, 0.29) is 5.92 Å². The molecule has 0 aliphatic carbocycles. The average Bonchev–Trinajstić information content (AvgIpc) is 2.84. The van der Waals surface area contributed by atoms with Gasteiger partial charge in [-0.3, -0.25) is 0 Å². The molecule has 0 fully saturated rings. The van der Waals surface area contributed by atoms with Crippen LogP contribution in [-0.2, 0) is 0 Å². The van der Waals surface area contributed by atoms with Crippen LogP contribution in [0.4, 0.5) is 0 Å². The van der Waals surface area contributed by atoms with Crippen molar-refractivity contribution in [3.8, 4) is 16.5 Å². The summed E-state index contributed by atoms with van der Waals surface area (Å²) in [6.45, 7) is 4.17. The van der Waals surface area contributed by atoms with Crippen LogP contribution < -0.4 is 0 Å². The Morgan fingerprint density at radius 2 is 1.82 bits per heavy atom. The molecular weight excluding hydrogens is 226 g/mol. The van der Waals surface area contributed by atoms with E-state index in [4.69, 9.17) is 5.26 Å². The van der Waals surface area contributed by atoms with Gasteiger partial charge in [-0.2, -0.15) is 5.26 Å². The molecule has 0 saturated heterocycles. The summed E-state index contributed by atoms with van der Waals surface area (Å²) in [5, 5.41) is 11.2. The molecule has 86 valence electrons. The summed E-state index contributed by atoms with van der Waals surface area (Å²) in [6.07, 6.45) is 0. The third kappa shape index (κ3) is 2.57. The number of hydrogen-bond donors (Lipinski definition) is 0. The topological polar surface area (TPSA) is 23.8 Å². The molecule has 0 saturated carbocycles. The lowest BCUT2D eigenvalue weighted by atomic mass is 9.89. The van der Waals surface area contributed by atoms with E-state index in [1.807, 2.05) is 0 Å². The van der Waals surface area contributed by atoms with Crippen molar-refractivity contribution in [1.29, 1.82) is 5.26 Å². The van der Waals surface area contributed by atoms with E-state index >= 15 is 0 Å². The van der Waals surface area contributed by atoms with Gasteiger partial charge in [0.25, 0.3) is 0 Å². The van der Waals surface area contributed by atoms with Crippen molar-refractivity contribution in [3.05, 3.63) is 47.3 Å². The highest BCUT2D eigenvalue weighted by Crippen LogP contribution is 2.28. The first kappa shape index (κ1) is 11.9. The van der Waals surface area contributed by atoms with Crippen molar-refractivity contribution in [1.82, 2.24) is 0 Å². The van der Waals surface area contributed by atoms with Crippen LogP contribution >= 0.6 is 11.3 Å². The minimum atomic E-state index is -0.00705. The summed E-state index contributed by atoms with van der Waals surface area (Å²) in [6, 6.07) is 14.9. The molecule has 2 rings (SSSR count). The second kappa shape index (κ2) is 5.16. The van der Waals surface area contributed by atoms with Crippen molar-refractivity contribution < 1.29 is 0 Å². The minimum Gasteiger partial charge on any atom is -0.198 e. The smallest absolute Gasteiger partial charge is 0.0735 e. The average molecular weight is 241 g/mol. The Bertz CT molecular complexity index is 503. The van der Waals surface area contributed by atoms with E-state index < -0.39 is 0 Å². The molecule has 2 aromatic rings. The van der Waals surface area contributed by atoms with E-state index in [1.165, 1.54) is 10.4 Å². The van der Waals surface area contributed by atoms with Gasteiger partial charge in [-0.05, 0) is 28.5 Å². The third-order valence-electron chi connectivity index (χ3n) is 2.88. The van der Waals surface area contributed by atoms with E-state index in [1.54, 1.807) is 11.3 Å². The molecule has 17 heavy (non-hydrogen) atoms. The van der Waals surface area contributed by atoms with Crippen LogP contribution in [0.3, 0.4) is 0 Å². The Kier molecular flexibility index (Phi) is 3.61. The lowest BCUT2D eigenvalue weighted by molar-refractivity contribution is 0.587. The molecule has 0 radical (unpaired) electrons. The first-order valence-corrected chi connectivity index (χ1v) is 6.64. The van der Waals surface area contributed by atoms with Crippen LogP contribution in [0.1, 0.15) is 25.3 Å². The molecular formula is C15H15NS. The summed E-state index contributed by atoms with van der Waals surface area (Å²) in [5.41, 5.74) is 2.34. The summed E-state index contributed by atoms with van der Waals surface area (Å²) in [4.78, 5) is 1.27. The molecule has 0 bridgehead atoms. The van der Waals surface area contributed by atoms with E-state index in [9.17, 15) is 0 Å². The van der Waals surface area contributed by atoms with Crippen LogP contribution in [0.15, 0.2) is 41.8 Å². The molecule has 0 N–H and O–H groups in total. The highest BCUT2D eigenvalue weighted by atomic mass is 32.1. The van der Waals surface area contributed by atoms with Gasteiger partial charge in [0.15, 0.2) is 0 Å². The number of benzene rings is 1. The standard InChI is InChI=1S/C15H15NS/c1-11(2)14(10-16)12-5-7-13(8-6-12)15-4-3-9-17-15/h3-9,11,14H,1-2H3. The molecule has 0 aliphatic rings. The molecule has 0 amide bonds. The van der Waals surface area contributed by atoms with Crippen molar-refractivity contribution in [2.24, 2.45) is 5.92 Å². The van der Waals surface area contributed by atoms with Crippen LogP contribution in [0, 0.1) is 17.2 Å². The van der Waals surface area contributed by atoms with Gasteiger partial charge < -0.3 is 0 Å². The molecule has 1 aromatic heterocycles. The van der Waals surface area contributed by atoms with Gasteiger partial charge in [0.05, 0.1) is 12.0 Å². The van der Waals surface area contributed by atoms with Crippen molar-refractivity contribution in [2.75, 3.05) is 0 Å². The fourth-order valence-electron chi connectivity index (χ4n) is 1.91. The fourth-order valence-corrected chi connectivity index (χ4v) is 2.64. The maximum Gasteiger partial charge on any atom is 0.0735 e. The van der Waals surface area contributed by atoms with Gasteiger partial charge >= 0.3 is 0 Å². The second-order valence-electron chi connectivity index (χ2n) is 4.45. The molecule has 1 unspecified atom stereocenters. The minimum absolute atomic E-state index is 0.00705. The first-order chi connectivity index (χ1) is 8.22. The predicted molar refractivity (Wildman–Crippen MR) is 72.9 cm³/mol. The molecule has 1 nitrogen and oxygen atoms in total. The second-order valence-corrected chi connectivity index (χ2v) is 5.40. The number of nitrogens with zero attached hydrogens (tertiary/aromatic N) is 1. The van der Waals surface area contributed by atoms with Crippen molar-refractivity contribution in [2.45, 2.75) is 19.8 Å². The number of nitriles is 1. The number of thiophene rings is 1. The lowest BCUT2D eigenvalue weighted by Crippen LogP contribution is -2.03. The molecule has 2 heteroatoms. The monoisotopic (exact) mass is 241 g/mol. The first-order valence-electron chi connectivity index (χ1n) is 5.76. The largest absolute Gasteiger partial charge is 0.198 e. The van der Waals surface area contributed by atoms with Gasteiger partial charge in [-0.25, -0.2) is 0 Å². The van der Waals surface area contributed by atoms with E-state index in [0.29, 0.717) is 5.92 Å². The van der Waals surface area contributed by atoms with Crippen molar-refractivity contribution >= 4 is 11.3 Å². The van der Waals surface area contributed by atoms with Gasteiger partial charge in [0.1, 0.15) is 0 Å². The van der Waals surface area contributed by atoms with Gasteiger partial charge in [0, 0.05) is 4.88 Å². The zero-order valence-corrected chi connectivity index (χ0v) is 10.9. The molecule has 0 aliphatic heterocycles. The van der Waals surface area contributed by atoms with Gasteiger partial charge in [-0.15, -0.1) is 11.3 Å². The quantitative estimate of drug-likeness (QED) is 0.765.